The molecule has 0 amide bonds. The first kappa shape index (κ1) is 15.0. The predicted molar refractivity (Wildman–Crippen MR) is 65.8 cm³/mol. The lowest BCUT2D eigenvalue weighted by atomic mass is 10.1. The Labute approximate surface area is 111 Å². The Morgan fingerprint density at radius 3 is 2.47 bits per heavy atom. The maximum atomic E-state index is 12.7. The van der Waals surface area contributed by atoms with E-state index in [0.29, 0.717) is 12.6 Å². The molecule has 0 radical (unpaired) electrons. The lowest BCUT2D eigenvalue weighted by Crippen LogP contribution is -2.46. The summed E-state index contributed by atoms with van der Waals surface area (Å²) >= 11 is 0. The van der Waals surface area contributed by atoms with Crippen LogP contribution in [0.4, 0.5) is 13.2 Å². The van der Waals surface area contributed by atoms with Crippen molar-refractivity contribution < 1.29 is 17.9 Å². The standard InChI is InChI=1S/C12H22F3N3O/c13-12(14,15)10(7-16)8-17-2-1-11(9-17)18-3-5-19-6-4-18/h10-11H,1-9,16H2. The molecule has 2 aliphatic heterocycles. The van der Waals surface area contributed by atoms with Crippen molar-refractivity contribution in [3.63, 3.8) is 0 Å². The van der Waals surface area contributed by atoms with Gasteiger partial charge in [0.15, 0.2) is 0 Å². The van der Waals surface area contributed by atoms with E-state index in [1.54, 1.807) is 0 Å². The summed E-state index contributed by atoms with van der Waals surface area (Å²) in [5.74, 6) is -1.41. The fourth-order valence-electron chi connectivity index (χ4n) is 2.84. The topological polar surface area (TPSA) is 41.7 Å². The Morgan fingerprint density at radius 1 is 1.21 bits per heavy atom. The van der Waals surface area contributed by atoms with Gasteiger partial charge in [-0.05, 0) is 13.0 Å². The molecule has 2 aliphatic rings. The van der Waals surface area contributed by atoms with Gasteiger partial charge in [-0.1, -0.05) is 0 Å². The van der Waals surface area contributed by atoms with Gasteiger partial charge in [0.05, 0.1) is 19.1 Å². The van der Waals surface area contributed by atoms with E-state index in [1.807, 2.05) is 4.90 Å². The largest absolute Gasteiger partial charge is 0.394 e. The molecule has 0 saturated carbocycles. The molecule has 2 unspecified atom stereocenters. The molecule has 0 aromatic rings. The number of morpholine rings is 1. The summed E-state index contributed by atoms with van der Waals surface area (Å²) in [6.07, 6.45) is -3.25. The number of halogens is 3. The second kappa shape index (κ2) is 6.39. The fraction of sp³-hybridized carbons (Fsp3) is 1.00. The van der Waals surface area contributed by atoms with Crippen molar-refractivity contribution >= 4 is 0 Å². The zero-order valence-corrected chi connectivity index (χ0v) is 11.0. The van der Waals surface area contributed by atoms with Gasteiger partial charge in [-0.25, -0.2) is 0 Å². The van der Waals surface area contributed by atoms with E-state index in [0.717, 1.165) is 39.3 Å². The van der Waals surface area contributed by atoms with Crippen LogP contribution in [-0.4, -0.2) is 74.5 Å². The van der Waals surface area contributed by atoms with Crippen LogP contribution >= 0.6 is 0 Å². The Hall–Kier alpha value is -0.370. The van der Waals surface area contributed by atoms with Crippen LogP contribution in [0, 0.1) is 5.92 Å². The molecule has 7 heteroatoms. The molecule has 4 nitrogen and oxygen atoms in total. The van der Waals surface area contributed by atoms with Crippen LogP contribution in [0.5, 0.6) is 0 Å². The number of alkyl halides is 3. The third-order valence-corrected chi connectivity index (χ3v) is 4.04. The first-order chi connectivity index (χ1) is 9.00. The zero-order valence-electron chi connectivity index (χ0n) is 11.0. The van der Waals surface area contributed by atoms with Crippen molar-refractivity contribution in [3.05, 3.63) is 0 Å². The molecule has 19 heavy (non-hydrogen) atoms. The second-order valence-corrected chi connectivity index (χ2v) is 5.32. The molecule has 2 heterocycles. The van der Waals surface area contributed by atoms with Gasteiger partial charge >= 0.3 is 6.18 Å². The van der Waals surface area contributed by atoms with E-state index < -0.39 is 12.1 Å². The van der Waals surface area contributed by atoms with E-state index in [4.69, 9.17) is 10.5 Å². The SMILES string of the molecule is NCC(CN1CCC(N2CCOCC2)C1)C(F)(F)F. The van der Waals surface area contributed by atoms with E-state index in [2.05, 4.69) is 4.90 Å². The molecule has 2 fully saturated rings. The highest BCUT2D eigenvalue weighted by Gasteiger charge is 2.41. The summed E-state index contributed by atoms with van der Waals surface area (Å²) < 4.78 is 43.4. The quantitative estimate of drug-likeness (QED) is 0.816. The molecule has 0 aliphatic carbocycles. The Kier molecular flexibility index (Phi) is 5.05. The van der Waals surface area contributed by atoms with E-state index >= 15 is 0 Å². The van der Waals surface area contributed by atoms with Gasteiger partial charge in [0, 0.05) is 38.8 Å². The minimum atomic E-state index is -4.19. The van der Waals surface area contributed by atoms with Crippen molar-refractivity contribution in [1.82, 2.24) is 9.80 Å². The molecule has 0 aromatic heterocycles. The first-order valence-corrected chi connectivity index (χ1v) is 6.81. The van der Waals surface area contributed by atoms with E-state index in [9.17, 15) is 13.2 Å². The average molecular weight is 281 g/mol. The molecule has 0 bridgehead atoms. The molecular formula is C12H22F3N3O. The molecular weight excluding hydrogens is 259 g/mol. The Morgan fingerprint density at radius 2 is 1.89 bits per heavy atom. The highest BCUT2D eigenvalue weighted by molar-refractivity contribution is 4.86. The van der Waals surface area contributed by atoms with Crippen molar-refractivity contribution in [2.75, 3.05) is 52.5 Å². The highest BCUT2D eigenvalue weighted by Crippen LogP contribution is 2.27. The summed E-state index contributed by atoms with van der Waals surface area (Å²) in [5, 5.41) is 0. The van der Waals surface area contributed by atoms with E-state index in [-0.39, 0.29) is 13.1 Å². The number of ether oxygens (including phenoxy) is 1. The number of nitrogens with two attached hydrogens (primary N) is 1. The molecule has 0 aromatic carbocycles. The summed E-state index contributed by atoms with van der Waals surface area (Å²) in [4.78, 5) is 4.22. The lowest BCUT2D eigenvalue weighted by molar-refractivity contribution is -0.175. The van der Waals surface area contributed by atoms with Crippen molar-refractivity contribution in [1.29, 1.82) is 0 Å². The van der Waals surface area contributed by atoms with Crippen LogP contribution in [0.25, 0.3) is 0 Å². The van der Waals surface area contributed by atoms with Gasteiger partial charge in [-0.3, -0.25) is 4.90 Å². The van der Waals surface area contributed by atoms with Crippen LogP contribution in [0.2, 0.25) is 0 Å². The molecule has 112 valence electrons. The average Bonchev–Trinajstić information content (AvgIpc) is 2.84. The minimum Gasteiger partial charge on any atom is -0.379 e. The molecule has 2 N–H and O–H groups in total. The lowest BCUT2D eigenvalue weighted by Gasteiger charge is -2.32. The van der Waals surface area contributed by atoms with Gasteiger partial charge in [0.25, 0.3) is 0 Å². The Bertz CT molecular complexity index is 282. The van der Waals surface area contributed by atoms with Crippen LogP contribution in [0.1, 0.15) is 6.42 Å². The number of rotatable bonds is 4. The van der Waals surface area contributed by atoms with E-state index in [1.165, 1.54) is 0 Å². The predicted octanol–water partition coefficient (Wildman–Crippen LogP) is 0.530. The van der Waals surface area contributed by atoms with Gasteiger partial charge in [-0.2, -0.15) is 13.2 Å². The van der Waals surface area contributed by atoms with Crippen LogP contribution in [-0.2, 0) is 4.74 Å². The molecule has 2 atom stereocenters. The summed E-state index contributed by atoms with van der Waals surface area (Å²) in [6, 6.07) is 0.371. The van der Waals surface area contributed by atoms with Gasteiger partial charge in [0.2, 0.25) is 0 Å². The maximum absolute atomic E-state index is 12.7. The van der Waals surface area contributed by atoms with Crippen LogP contribution in [0.15, 0.2) is 0 Å². The zero-order chi connectivity index (χ0) is 13.9. The second-order valence-electron chi connectivity index (χ2n) is 5.32. The first-order valence-electron chi connectivity index (χ1n) is 6.81. The smallest absolute Gasteiger partial charge is 0.379 e. The number of likely N-dealkylation sites (tertiary alicyclic amines) is 1. The van der Waals surface area contributed by atoms with Gasteiger partial charge in [0.1, 0.15) is 0 Å². The van der Waals surface area contributed by atoms with Crippen molar-refractivity contribution in [3.8, 4) is 0 Å². The van der Waals surface area contributed by atoms with Crippen molar-refractivity contribution in [2.45, 2.75) is 18.6 Å². The molecule has 2 saturated heterocycles. The molecule has 0 spiro atoms. The normalized spacial score (nSPS) is 28.7. The monoisotopic (exact) mass is 281 g/mol. The van der Waals surface area contributed by atoms with Crippen LogP contribution in [0.3, 0.4) is 0 Å². The third-order valence-electron chi connectivity index (χ3n) is 4.04. The fourth-order valence-corrected chi connectivity index (χ4v) is 2.84. The minimum absolute atomic E-state index is 0.0286. The number of nitrogens with zero attached hydrogens (tertiary/aromatic N) is 2. The van der Waals surface area contributed by atoms with Crippen molar-refractivity contribution in [2.24, 2.45) is 11.7 Å². The van der Waals surface area contributed by atoms with Crippen LogP contribution < -0.4 is 5.73 Å². The summed E-state index contributed by atoms with van der Waals surface area (Å²) in [6.45, 7) is 4.37. The molecule has 2 rings (SSSR count). The summed E-state index contributed by atoms with van der Waals surface area (Å²) in [5.41, 5.74) is 5.24. The van der Waals surface area contributed by atoms with Gasteiger partial charge < -0.3 is 15.4 Å². The number of hydrogen-bond acceptors (Lipinski definition) is 4. The third kappa shape index (κ3) is 4.05. The number of hydrogen-bond donors (Lipinski definition) is 1. The summed E-state index contributed by atoms with van der Waals surface area (Å²) in [7, 11) is 0. The maximum Gasteiger partial charge on any atom is 0.394 e. The Balaban J connectivity index is 1.81. The van der Waals surface area contributed by atoms with Gasteiger partial charge in [-0.15, -0.1) is 0 Å². The highest BCUT2D eigenvalue weighted by atomic mass is 19.4.